The Balaban J connectivity index is 0.00000364. The molecule has 0 spiro atoms. The van der Waals surface area contributed by atoms with E-state index >= 15 is 0 Å². The lowest BCUT2D eigenvalue weighted by molar-refractivity contribution is 0.199. The Bertz CT molecular complexity index is 586. The molecule has 0 amide bonds. The summed E-state index contributed by atoms with van der Waals surface area (Å²) in [7, 11) is 1.08. The number of hydrogen-bond donors (Lipinski definition) is 2. The zero-order valence-electron chi connectivity index (χ0n) is 16.6. The lowest BCUT2D eigenvalue weighted by atomic mass is 9.95. The number of nitrogens with zero attached hydrogens (tertiary/aromatic N) is 1. The zero-order chi connectivity index (χ0) is 18.8. The van der Waals surface area contributed by atoms with E-state index in [9.17, 15) is 4.21 Å². The summed E-state index contributed by atoms with van der Waals surface area (Å²) in [6.07, 6.45) is 5.27. The predicted octanol–water partition coefficient (Wildman–Crippen LogP) is 3.71. The van der Waals surface area contributed by atoms with Crippen LogP contribution in [0.25, 0.3) is 0 Å². The summed E-state index contributed by atoms with van der Waals surface area (Å²) in [5, 5.41) is 7.20. The third kappa shape index (κ3) is 8.37. The average Bonchev–Trinajstić information content (AvgIpc) is 2.70. The highest BCUT2D eigenvalue weighted by Gasteiger charge is 2.26. The van der Waals surface area contributed by atoms with Crippen LogP contribution in [0, 0.1) is 0 Å². The molecule has 4 atom stereocenters. The molecule has 0 heterocycles. The lowest BCUT2D eigenvalue weighted by Crippen LogP contribution is -2.48. The smallest absolute Gasteiger partial charge is 0.191 e. The van der Waals surface area contributed by atoms with Crippen LogP contribution in [0.15, 0.2) is 35.3 Å². The molecule has 5 nitrogen and oxygen atoms in total. The molecule has 1 aromatic rings. The summed E-state index contributed by atoms with van der Waals surface area (Å²) >= 11 is 0. The first-order valence-electron chi connectivity index (χ1n) is 9.72. The molecule has 0 bridgehead atoms. The SMILES string of the molecule is CCC(CNC(=NC)NC1CCCC(S(=O)CC)C1)Oc1ccccc1.I. The summed E-state index contributed by atoms with van der Waals surface area (Å²) in [6.45, 7) is 4.82. The zero-order valence-corrected chi connectivity index (χ0v) is 19.8. The van der Waals surface area contributed by atoms with Crippen molar-refractivity contribution in [1.82, 2.24) is 10.6 Å². The van der Waals surface area contributed by atoms with E-state index in [0.717, 1.165) is 49.6 Å². The number of para-hydroxylation sites is 1. The fourth-order valence-electron chi connectivity index (χ4n) is 3.31. The molecule has 27 heavy (non-hydrogen) atoms. The Morgan fingerprint density at radius 1 is 1.30 bits per heavy atom. The monoisotopic (exact) mass is 507 g/mol. The second kappa shape index (κ2) is 13.4. The normalized spacial score (nSPS) is 22.3. The van der Waals surface area contributed by atoms with Crippen LogP contribution in [-0.2, 0) is 10.8 Å². The van der Waals surface area contributed by atoms with Crippen molar-refractivity contribution in [1.29, 1.82) is 0 Å². The molecule has 0 radical (unpaired) electrons. The van der Waals surface area contributed by atoms with E-state index < -0.39 is 10.8 Å². The number of guanidine groups is 1. The molecule has 4 unspecified atom stereocenters. The van der Waals surface area contributed by atoms with Gasteiger partial charge in [0, 0.05) is 34.9 Å². The highest BCUT2D eigenvalue weighted by molar-refractivity contribution is 14.0. The molecule has 1 aliphatic rings. The lowest BCUT2D eigenvalue weighted by Gasteiger charge is -2.30. The summed E-state index contributed by atoms with van der Waals surface area (Å²) < 4.78 is 18.1. The molecule has 2 rings (SSSR count). The molecule has 154 valence electrons. The Hall–Kier alpha value is -0.830. The van der Waals surface area contributed by atoms with E-state index in [-0.39, 0.29) is 30.1 Å². The van der Waals surface area contributed by atoms with Gasteiger partial charge in [0.1, 0.15) is 11.9 Å². The molecular weight excluding hydrogens is 473 g/mol. The minimum absolute atomic E-state index is 0. The molecule has 1 fully saturated rings. The maximum atomic E-state index is 12.1. The highest BCUT2D eigenvalue weighted by Crippen LogP contribution is 2.23. The van der Waals surface area contributed by atoms with Crippen molar-refractivity contribution in [2.45, 2.75) is 63.3 Å². The summed E-state index contributed by atoms with van der Waals surface area (Å²) in [5.74, 6) is 2.44. The van der Waals surface area contributed by atoms with Gasteiger partial charge in [0.05, 0.1) is 6.54 Å². The maximum absolute atomic E-state index is 12.1. The van der Waals surface area contributed by atoms with Crippen LogP contribution >= 0.6 is 24.0 Å². The van der Waals surface area contributed by atoms with Gasteiger partial charge in [-0.25, -0.2) is 0 Å². The van der Waals surface area contributed by atoms with Crippen LogP contribution < -0.4 is 15.4 Å². The number of benzene rings is 1. The largest absolute Gasteiger partial charge is 0.489 e. The number of nitrogens with one attached hydrogen (secondary N) is 2. The minimum Gasteiger partial charge on any atom is -0.489 e. The van der Waals surface area contributed by atoms with Gasteiger partial charge in [-0.05, 0) is 37.8 Å². The molecule has 0 aliphatic heterocycles. The summed E-state index contributed by atoms with van der Waals surface area (Å²) in [5.41, 5.74) is 0. The van der Waals surface area contributed by atoms with Crippen LogP contribution in [0.1, 0.15) is 46.0 Å². The number of rotatable bonds is 8. The van der Waals surface area contributed by atoms with Crippen LogP contribution in [0.3, 0.4) is 0 Å². The predicted molar refractivity (Wildman–Crippen MR) is 126 cm³/mol. The highest BCUT2D eigenvalue weighted by atomic mass is 127. The van der Waals surface area contributed by atoms with E-state index in [1.807, 2.05) is 37.3 Å². The topological polar surface area (TPSA) is 62.7 Å². The van der Waals surface area contributed by atoms with Crippen molar-refractivity contribution in [2.75, 3.05) is 19.3 Å². The van der Waals surface area contributed by atoms with Crippen LogP contribution in [0.5, 0.6) is 5.75 Å². The van der Waals surface area contributed by atoms with E-state index in [4.69, 9.17) is 4.74 Å². The van der Waals surface area contributed by atoms with Gasteiger partial charge in [-0.3, -0.25) is 9.20 Å². The second-order valence-corrected chi connectivity index (χ2v) is 8.72. The molecule has 2 N–H and O–H groups in total. The standard InChI is InChI=1S/C20H33N3O2S.HI/c1-4-17(25-18-11-7-6-8-12-18)15-22-20(21-3)23-16-10-9-13-19(14-16)26(24)5-2;/h6-8,11-12,16-17,19H,4-5,9-10,13-15H2,1-3H3,(H2,21,22,23);1H. The van der Waals surface area contributed by atoms with Crippen molar-refractivity contribution >= 4 is 40.7 Å². The number of ether oxygens (including phenoxy) is 1. The van der Waals surface area contributed by atoms with Gasteiger partial charge in [0.15, 0.2) is 5.96 Å². The summed E-state index contributed by atoms with van der Waals surface area (Å²) in [6, 6.07) is 10.2. The van der Waals surface area contributed by atoms with Gasteiger partial charge < -0.3 is 15.4 Å². The molecule has 1 saturated carbocycles. The first-order valence-corrected chi connectivity index (χ1v) is 11.1. The fourth-order valence-corrected chi connectivity index (χ4v) is 4.66. The van der Waals surface area contributed by atoms with E-state index in [2.05, 4.69) is 22.5 Å². The van der Waals surface area contributed by atoms with Gasteiger partial charge in [-0.2, -0.15) is 0 Å². The Labute approximate surface area is 183 Å². The molecule has 1 aromatic carbocycles. The number of aliphatic imine (C=N–C) groups is 1. The summed E-state index contributed by atoms with van der Waals surface area (Å²) in [4.78, 5) is 4.35. The Morgan fingerprint density at radius 2 is 2.04 bits per heavy atom. The minimum atomic E-state index is -0.706. The number of halogens is 1. The Kier molecular flexibility index (Phi) is 12.0. The average molecular weight is 507 g/mol. The third-order valence-corrected chi connectivity index (χ3v) is 6.59. The van der Waals surface area contributed by atoms with Crippen LogP contribution in [0.2, 0.25) is 0 Å². The maximum Gasteiger partial charge on any atom is 0.191 e. The van der Waals surface area contributed by atoms with Crippen molar-refractivity contribution in [3.05, 3.63) is 30.3 Å². The van der Waals surface area contributed by atoms with E-state index in [1.165, 1.54) is 0 Å². The van der Waals surface area contributed by atoms with Gasteiger partial charge in [0.2, 0.25) is 0 Å². The van der Waals surface area contributed by atoms with Crippen LogP contribution in [0.4, 0.5) is 0 Å². The first kappa shape index (κ1) is 24.2. The van der Waals surface area contributed by atoms with E-state index in [1.54, 1.807) is 7.05 Å². The van der Waals surface area contributed by atoms with Crippen molar-refractivity contribution in [3.63, 3.8) is 0 Å². The quantitative estimate of drug-likeness (QED) is 0.320. The number of hydrogen-bond acceptors (Lipinski definition) is 3. The van der Waals surface area contributed by atoms with Crippen molar-refractivity contribution in [2.24, 2.45) is 4.99 Å². The molecule has 0 saturated heterocycles. The first-order chi connectivity index (χ1) is 12.7. The van der Waals surface area contributed by atoms with Crippen molar-refractivity contribution in [3.8, 4) is 5.75 Å². The fraction of sp³-hybridized carbons (Fsp3) is 0.650. The second-order valence-electron chi connectivity index (χ2n) is 6.71. The third-order valence-electron chi connectivity index (χ3n) is 4.85. The van der Waals surface area contributed by atoms with Crippen molar-refractivity contribution < 1.29 is 8.95 Å². The molecule has 0 aromatic heterocycles. The van der Waals surface area contributed by atoms with Crippen LogP contribution in [-0.4, -0.2) is 46.9 Å². The van der Waals surface area contributed by atoms with Gasteiger partial charge >= 0.3 is 0 Å². The Morgan fingerprint density at radius 3 is 2.67 bits per heavy atom. The molecule has 1 aliphatic carbocycles. The molecular formula is C20H34IN3O2S. The van der Waals surface area contributed by atoms with Gasteiger partial charge in [-0.1, -0.05) is 38.5 Å². The van der Waals surface area contributed by atoms with E-state index in [0.29, 0.717) is 17.8 Å². The van der Waals surface area contributed by atoms with Gasteiger partial charge in [0.25, 0.3) is 0 Å². The molecule has 7 heteroatoms. The van der Waals surface area contributed by atoms with Gasteiger partial charge in [-0.15, -0.1) is 24.0 Å².